The molecule has 0 aliphatic carbocycles. The molecule has 0 aliphatic rings. The fourth-order valence-corrected chi connectivity index (χ4v) is 0.504. The minimum Gasteiger partial charge on any atom is -0.416 e. The molecule has 0 aliphatic heterocycles. The number of hydrogen-bond acceptors (Lipinski definition) is 4. The molecule has 1 radical (unpaired) electrons. The van der Waals surface area contributed by atoms with Crippen molar-refractivity contribution in [2.45, 2.75) is 6.54 Å². The molecule has 0 fully saturated rings. The summed E-state index contributed by atoms with van der Waals surface area (Å²) >= 11 is 0. The van der Waals surface area contributed by atoms with Crippen LogP contribution in [0.2, 0.25) is 0 Å². The van der Waals surface area contributed by atoms with Crippen molar-refractivity contribution >= 4 is 0 Å². The van der Waals surface area contributed by atoms with Gasteiger partial charge in [0.25, 0.3) is 0 Å². The molecule has 49 valence electrons. The van der Waals surface area contributed by atoms with Gasteiger partial charge in [-0.3, -0.25) is 0 Å². The van der Waals surface area contributed by atoms with Crippen LogP contribution in [-0.2, 0) is 6.54 Å². The summed E-state index contributed by atoms with van der Waals surface area (Å²) in [7, 11) is 3.87. The third-order valence-electron chi connectivity index (χ3n) is 0.817. The summed E-state index contributed by atoms with van der Waals surface area (Å²) < 4.78 is 4.76. The lowest BCUT2D eigenvalue weighted by Gasteiger charge is -2.02. The van der Waals surface area contributed by atoms with Crippen molar-refractivity contribution in [1.82, 2.24) is 15.1 Å². The van der Waals surface area contributed by atoms with E-state index in [0.717, 1.165) is 0 Å². The molecule has 0 unspecified atom stereocenters. The fraction of sp³-hybridized carbons (Fsp3) is 0.600. The maximum atomic E-state index is 4.76. The van der Waals surface area contributed by atoms with Crippen LogP contribution in [0.4, 0.5) is 0 Å². The molecule has 1 rings (SSSR count). The summed E-state index contributed by atoms with van der Waals surface area (Å²) in [6.07, 6.45) is 2.27. The Morgan fingerprint density at radius 1 is 1.67 bits per heavy atom. The molecule has 4 heteroatoms. The minimum atomic E-state index is 0.597. The molecule has 0 amide bonds. The van der Waals surface area contributed by atoms with E-state index in [1.54, 1.807) is 0 Å². The summed E-state index contributed by atoms with van der Waals surface area (Å²) in [6.45, 7) is 0.677. The molecule has 4 nitrogen and oxygen atoms in total. The van der Waals surface area contributed by atoms with E-state index in [4.69, 9.17) is 4.42 Å². The molecule has 0 bridgehead atoms. The van der Waals surface area contributed by atoms with Crippen molar-refractivity contribution in [3.63, 3.8) is 0 Å². The highest BCUT2D eigenvalue weighted by atomic mass is 16.4. The Balaban J connectivity index is 2.48. The Labute approximate surface area is 53.5 Å². The Bertz CT molecular complexity index is 159. The normalized spacial score (nSPS) is 10.6. The largest absolute Gasteiger partial charge is 0.416 e. The highest BCUT2D eigenvalue weighted by molar-refractivity contribution is 4.69. The number of aromatic nitrogens is 2. The zero-order chi connectivity index (χ0) is 6.69. The monoisotopic (exact) mass is 126 g/mol. The van der Waals surface area contributed by atoms with Gasteiger partial charge in [0.05, 0.1) is 6.54 Å². The molecule has 0 N–H and O–H groups in total. The van der Waals surface area contributed by atoms with Crippen LogP contribution in [0.5, 0.6) is 0 Å². The van der Waals surface area contributed by atoms with Gasteiger partial charge in [0.1, 0.15) is 0 Å². The Kier molecular flexibility index (Phi) is 1.79. The van der Waals surface area contributed by atoms with Gasteiger partial charge in [-0.2, -0.15) is 0 Å². The number of rotatable bonds is 2. The summed E-state index contributed by atoms with van der Waals surface area (Å²) in [5.74, 6) is 0.597. The molecule has 0 saturated heterocycles. The summed E-state index contributed by atoms with van der Waals surface area (Å²) in [6, 6.07) is 0. The molecular weight excluding hydrogens is 118 g/mol. The standard InChI is InChI=1S/C5H8N3O/c1-8(2)3-5-7-6-4-9-5/h3H2,1-2H3. The topological polar surface area (TPSA) is 42.2 Å². The summed E-state index contributed by atoms with van der Waals surface area (Å²) in [4.78, 5) is 1.95. The van der Waals surface area contributed by atoms with E-state index >= 15 is 0 Å². The third kappa shape index (κ3) is 1.81. The second kappa shape index (κ2) is 2.59. The first-order valence-electron chi connectivity index (χ1n) is 2.62. The molecular formula is C5H8N3O. The highest BCUT2D eigenvalue weighted by Crippen LogP contribution is 1.92. The van der Waals surface area contributed by atoms with Gasteiger partial charge in [-0.05, 0) is 14.1 Å². The quantitative estimate of drug-likeness (QED) is 0.556. The Morgan fingerprint density at radius 3 is 2.89 bits per heavy atom. The van der Waals surface area contributed by atoms with Crippen molar-refractivity contribution in [3.05, 3.63) is 12.3 Å². The lowest BCUT2D eigenvalue weighted by Crippen LogP contribution is -2.10. The zero-order valence-corrected chi connectivity index (χ0v) is 5.46. The molecule has 0 saturated carbocycles. The first kappa shape index (κ1) is 6.22. The smallest absolute Gasteiger partial charge is 0.305 e. The van der Waals surface area contributed by atoms with Crippen molar-refractivity contribution in [3.8, 4) is 0 Å². The van der Waals surface area contributed by atoms with E-state index in [0.29, 0.717) is 12.4 Å². The van der Waals surface area contributed by atoms with Gasteiger partial charge in [0, 0.05) is 0 Å². The fourth-order valence-electron chi connectivity index (χ4n) is 0.504. The zero-order valence-electron chi connectivity index (χ0n) is 5.46. The van der Waals surface area contributed by atoms with Gasteiger partial charge in [-0.15, -0.1) is 10.2 Å². The molecule has 1 aromatic heterocycles. The van der Waals surface area contributed by atoms with Crippen LogP contribution < -0.4 is 0 Å². The average Bonchev–Trinajstić information content (AvgIpc) is 2.15. The molecule has 1 heterocycles. The minimum absolute atomic E-state index is 0.597. The van der Waals surface area contributed by atoms with E-state index in [2.05, 4.69) is 16.6 Å². The molecule has 0 spiro atoms. The van der Waals surface area contributed by atoms with E-state index in [1.165, 1.54) is 0 Å². The average molecular weight is 126 g/mol. The predicted molar refractivity (Wildman–Crippen MR) is 30.5 cm³/mol. The van der Waals surface area contributed by atoms with Crippen molar-refractivity contribution in [2.24, 2.45) is 0 Å². The maximum absolute atomic E-state index is 4.76. The van der Waals surface area contributed by atoms with Gasteiger partial charge in [-0.1, -0.05) is 0 Å². The second-order valence-electron chi connectivity index (χ2n) is 2.02. The SMILES string of the molecule is CN(C)Cc1nn[c]o1. The molecule has 0 atom stereocenters. The number of nitrogens with zero attached hydrogens (tertiary/aromatic N) is 3. The van der Waals surface area contributed by atoms with E-state index < -0.39 is 0 Å². The van der Waals surface area contributed by atoms with Crippen LogP contribution in [0.25, 0.3) is 0 Å². The van der Waals surface area contributed by atoms with E-state index in [-0.39, 0.29) is 0 Å². The molecule has 1 aromatic rings. The molecule has 0 aromatic carbocycles. The van der Waals surface area contributed by atoms with Crippen LogP contribution in [0.1, 0.15) is 5.89 Å². The Hall–Kier alpha value is -0.900. The lowest BCUT2D eigenvalue weighted by molar-refractivity contribution is 0.340. The number of hydrogen-bond donors (Lipinski definition) is 0. The van der Waals surface area contributed by atoms with Crippen LogP contribution in [0.3, 0.4) is 0 Å². The van der Waals surface area contributed by atoms with Crippen LogP contribution in [0, 0.1) is 6.39 Å². The summed E-state index contributed by atoms with van der Waals surface area (Å²) in [5.41, 5.74) is 0. The third-order valence-corrected chi connectivity index (χ3v) is 0.817. The van der Waals surface area contributed by atoms with Crippen LogP contribution >= 0.6 is 0 Å². The Morgan fingerprint density at radius 2 is 2.44 bits per heavy atom. The van der Waals surface area contributed by atoms with Crippen LogP contribution in [0.15, 0.2) is 4.42 Å². The maximum Gasteiger partial charge on any atom is 0.305 e. The molecule has 9 heavy (non-hydrogen) atoms. The highest BCUT2D eigenvalue weighted by Gasteiger charge is 1.98. The first-order chi connectivity index (χ1) is 4.29. The van der Waals surface area contributed by atoms with Gasteiger partial charge in [0.15, 0.2) is 0 Å². The van der Waals surface area contributed by atoms with Crippen LogP contribution in [-0.4, -0.2) is 29.2 Å². The van der Waals surface area contributed by atoms with Gasteiger partial charge < -0.3 is 9.32 Å². The first-order valence-corrected chi connectivity index (χ1v) is 2.62. The lowest BCUT2D eigenvalue weighted by atomic mass is 10.6. The predicted octanol–water partition coefficient (Wildman–Crippen LogP) is -0.0686. The summed E-state index contributed by atoms with van der Waals surface area (Å²) in [5, 5.41) is 7.05. The van der Waals surface area contributed by atoms with Gasteiger partial charge >= 0.3 is 6.39 Å². The van der Waals surface area contributed by atoms with Gasteiger partial charge in [0.2, 0.25) is 5.89 Å². The van der Waals surface area contributed by atoms with Crippen molar-refractivity contribution < 1.29 is 4.42 Å². The van der Waals surface area contributed by atoms with Gasteiger partial charge in [-0.25, -0.2) is 0 Å². The second-order valence-corrected chi connectivity index (χ2v) is 2.02. The van der Waals surface area contributed by atoms with E-state index in [9.17, 15) is 0 Å². The van der Waals surface area contributed by atoms with E-state index in [1.807, 2.05) is 19.0 Å². The van der Waals surface area contributed by atoms with Crippen molar-refractivity contribution in [1.29, 1.82) is 0 Å². The van der Waals surface area contributed by atoms with Crippen molar-refractivity contribution in [2.75, 3.05) is 14.1 Å².